The van der Waals surface area contributed by atoms with Gasteiger partial charge in [0.25, 0.3) is 0 Å². The summed E-state index contributed by atoms with van der Waals surface area (Å²) in [4.78, 5) is 8.78. The van der Waals surface area contributed by atoms with Crippen LogP contribution in [0.3, 0.4) is 0 Å². The van der Waals surface area contributed by atoms with Crippen molar-refractivity contribution in [3.63, 3.8) is 0 Å². The van der Waals surface area contributed by atoms with Crippen molar-refractivity contribution < 1.29 is 0 Å². The lowest BCUT2D eigenvalue weighted by Gasteiger charge is -2.17. The Bertz CT molecular complexity index is 469. The molecule has 2 aromatic heterocycles. The molecule has 0 aliphatic carbocycles. The van der Waals surface area contributed by atoms with Crippen LogP contribution in [0.25, 0.3) is 10.9 Å². The Morgan fingerprint density at radius 1 is 1.20 bits per heavy atom. The Balaban J connectivity index is 2.39. The molecule has 2 aromatic rings. The molecule has 15 heavy (non-hydrogen) atoms. The van der Waals surface area contributed by atoms with E-state index >= 15 is 0 Å². The molecule has 78 valence electrons. The van der Waals surface area contributed by atoms with Crippen LogP contribution >= 0.6 is 0 Å². The standard InChI is InChI=1S/C13H16N2/c1-13(2,3)8-11-7-12-10(9-15-11)5-4-6-14-12/h4-7,9H,8H2,1-3H3. The molecule has 0 aliphatic heterocycles. The van der Waals surface area contributed by atoms with Crippen LogP contribution < -0.4 is 0 Å². The number of hydrogen-bond acceptors (Lipinski definition) is 2. The molecule has 0 N–H and O–H groups in total. The third kappa shape index (κ3) is 2.52. The summed E-state index contributed by atoms with van der Waals surface area (Å²) in [6, 6.07) is 6.06. The van der Waals surface area contributed by atoms with Gasteiger partial charge in [-0.25, -0.2) is 0 Å². The summed E-state index contributed by atoms with van der Waals surface area (Å²) in [6.45, 7) is 6.66. The largest absolute Gasteiger partial charge is 0.261 e. The summed E-state index contributed by atoms with van der Waals surface area (Å²) in [6.07, 6.45) is 4.71. The van der Waals surface area contributed by atoms with Crippen molar-refractivity contribution in [1.82, 2.24) is 9.97 Å². The minimum Gasteiger partial charge on any atom is -0.261 e. The van der Waals surface area contributed by atoms with Crippen molar-refractivity contribution in [2.75, 3.05) is 0 Å². The van der Waals surface area contributed by atoms with Gasteiger partial charge < -0.3 is 0 Å². The van der Waals surface area contributed by atoms with Crippen LogP contribution in [0, 0.1) is 5.41 Å². The molecule has 0 unspecified atom stereocenters. The summed E-state index contributed by atoms with van der Waals surface area (Å²) < 4.78 is 0. The monoisotopic (exact) mass is 200 g/mol. The number of aromatic nitrogens is 2. The van der Waals surface area contributed by atoms with E-state index < -0.39 is 0 Å². The maximum atomic E-state index is 4.45. The quantitative estimate of drug-likeness (QED) is 0.706. The lowest BCUT2D eigenvalue weighted by molar-refractivity contribution is 0.406. The van der Waals surface area contributed by atoms with Crippen molar-refractivity contribution in [2.24, 2.45) is 5.41 Å². The van der Waals surface area contributed by atoms with Crippen LogP contribution in [0.2, 0.25) is 0 Å². The number of pyridine rings is 2. The van der Waals surface area contributed by atoms with E-state index in [9.17, 15) is 0 Å². The molecule has 0 aromatic carbocycles. The molecular formula is C13H16N2. The first-order valence-electron chi connectivity index (χ1n) is 5.24. The van der Waals surface area contributed by atoms with Gasteiger partial charge in [-0.15, -0.1) is 0 Å². The molecule has 0 bridgehead atoms. The van der Waals surface area contributed by atoms with Gasteiger partial charge in [-0.2, -0.15) is 0 Å². The van der Waals surface area contributed by atoms with Crippen LogP contribution in [0.15, 0.2) is 30.6 Å². The number of fused-ring (bicyclic) bond motifs is 1. The second-order valence-electron chi connectivity index (χ2n) is 5.11. The van der Waals surface area contributed by atoms with E-state index in [1.165, 1.54) is 0 Å². The topological polar surface area (TPSA) is 25.8 Å². The van der Waals surface area contributed by atoms with Crippen molar-refractivity contribution in [2.45, 2.75) is 27.2 Å². The Hall–Kier alpha value is -1.44. The van der Waals surface area contributed by atoms with Crippen LogP contribution in [0.5, 0.6) is 0 Å². The third-order valence-electron chi connectivity index (χ3n) is 2.26. The number of nitrogens with zero attached hydrogens (tertiary/aromatic N) is 2. The highest BCUT2D eigenvalue weighted by Gasteiger charge is 2.12. The maximum Gasteiger partial charge on any atom is 0.0735 e. The van der Waals surface area contributed by atoms with Gasteiger partial charge in [0.1, 0.15) is 0 Å². The van der Waals surface area contributed by atoms with Crippen molar-refractivity contribution in [1.29, 1.82) is 0 Å². The van der Waals surface area contributed by atoms with E-state index in [1.807, 2.05) is 24.5 Å². The Morgan fingerprint density at radius 2 is 2.00 bits per heavy atom. The molecular weight excluding hydrogens is 184 g/mol. The fourth-order valence-corrected chi connectivity index (χ4v) is 1.65. The van der Waals surface area contributed by atoms with E-state index in [0.717, 1.165) is 23.0 Å². The Labute approximate surface area is 90.4 Å². The fraction of sp³-hybridized carbons (Fsp3) is 0.385. The lowest BCUT2D eigenvalue weighted by atomic mass is 9.90. The zero-order valence-corrected chi connectivity index (χ0v) is 9.49. The lowest BCUT2D eigenvalue weighted by Crippen LogP contribution is -2.10. The molecule has 0 saturated heterocycles. The van der Waals surface area contributed by atoms with Gasteiger partial charge in [0.2, 0.25) is 0 Å². The summed E-state index contributed by atoms with van der Waals surface area (Å²) in [5.41, 5.74) is 2.43. The first-order valence-corrected chi connectivity index (χ1v) is 5.24. The average Bonchev–Trinajstić information content (AvgIpc) is 2.15. The summed E-state index contributed by atoms with van der Waals surface area (Å²) in [7, 11) is 0. The molecule has 2 nitrogen and oxygen atoms in total. The fourth-order valence-electron chi connectivity index (χ4n) is 1.65. The first kappa shape index (κ1) is 10.1. The molecule has 2 rings (SSSR count). The second-order valence-corrected chi connectivity index (χ2v) is 5.11. The highest BCUT2D eigenvalue weighted by atomic mass is 14.7. The van der Waals surface area contributed by atoms with Crippen LogP contribution in [0.4, 0.5) is 0 Å². The maximum absolute atomic E-state index is 4.45. The zero-order chi connectivity index (χ0) is 10.9. The smallest absolute Gasteiger partial charge is 0.0735 e. The molecule has 2 heteroatoms. The van der Waals surface area contributed by atoms with Gasteiger partial charge in [0, 0.05) is 23.5 Å². The van der Waals surface area contributed by atoms with E-state index in [0.29, 0.717) is 0 Å². The van der Waals surface area contributed by atoms with Gasteiger partial charge in [-0.05, 0) is 30.0 Å². The number of hydrogen-bond donors (Lipinski definition) is 0. The molecule has 0 saturated carbocycles. The second kappa shape index (κ2) is 3.61. The minimum absolute atomic E-state index is 0.273. The van der Waals surface area contributed by atoms with Gasteiger partial charge in [-0.1, -0.05) is 20.8 Å². The molecule has 0 atom stereocenters. The van der Waals surface area contributed by atoms with Crippen LogP contribution in [-0.2, 0) is 6.42 Å². The first-order chi connectivity index (χ1) is 7.04. The van der Waals surface area contributed by atoms with Crippen molar-refractivity contribution in [3.05, 3.63) is 36.3 Å². The van der Waals surface area contributed by atoms with E-state index in [-0.39, 0.29) is 5.41 Å². The Kier molecular flexibility index (Phi) is 2.43. The predicted molar refractivity (Wildman–Crippen MR) is 62.7 cm³/mol. The SMILES string of the molecule is CC(C)(C)Cc1cc2ncccc2cn1. The van der Waals surface area contributed by atoms with Crippen LogP contribution in [-0.4, -0.2) is 9.97 Å². The van der Waals surface area contributed by atoms with Crippen molar-refractivity contribution in [3.8, 4) is 0 Å². The van der Waals surface area contributed by atoms with E-state index in [4.69, 9.17) is 0 Å². The van der Waals surface area contributed by atoms with Gasteiger partial charge in [0.05, 0.1) is 5.52 Å². The summed E-state index contributed by atoms with van der Waals surface area (Å²) in [5.74, 6) is 0. The van der Waals surface area contributed by atoms with E-state index in [2.05, 4.69) is 36.8 Å². The number of rotatable bonds is 1. The van der Waals surface area contributed by atoms with Gasteiger partial charge >= 0.3 is 0 Å². The highest BCUT2D eigenvalue weighted by molar-refractivity contribution is 5.77. The highest BCUT2D eigenvalue weighted by Crippen LogP contribution is 2.20. The van der Waals surface area contributed by atoms with E-state index in [1.54, 1.807) is 0 Å². The Morgan fingerprint density at radius 3 is 2.73 bits per heavy atom. The molecule has 0 aliphatic rings. The normalized spacial score (nSPS) is 11.9. The predicted octanol–water partition coefficient (Wildman–Crippen LogP) is 3.22. The average molecular weight is 200 g/mol. The van der Waals surface area contributed by atoms with Crippen LogP contribution in [0.1, 0.15) is 26.5 Å². The summed E-state index contributed by atoms with van der Waals surface area (Å²) in [5, 5.41) is 1.11. The molecule has 0 amide bonds. The van der Waals surface area contributed by atoms with Gasteiger partial charge in [-0.3, -0.25) is 9.97 Å². The van der Waals surface area contributed by atoms with Gasteiger partial charge in [0.15, 0.2) is 0 Å². The third-order valence-corrected chi connectivity index (χ3v) is 2.26. The molecule has 2 heterocycles. The van der Waals surface area contributed by atoms with Crippen molar-refractivity contribution >= 4 is 10.9 Å². The molecule has 0 radical (unpaired) electrons. The molecule has 0 fully saturated rings. The molecule has 0 spiro atoms. The minimum atomic E-state index is 0.273. The zero-order valence-electron chi connectivity index (χ0n) is 9.49. The summed E-state index contributed by atoms with van der Waals surface area (Å²) >= 11 is 0.